The second kappa shape index (κ2) is 7.25. The Bertz CT molecular complexity index is 813. The number of hydrogen-bond acceptors (Lipinski definition) is 6. The lowest BCUT2D eigenvalue weighted by Crippen LogP contribution is -2.13. The Morgan fingerprint density at radius 2 is 1.57 bits per heavy atom. The summed E-state index contributed by atoms with van der Waals surface area (Å²) in [6.07, 6.45) is 2.56. The maximum Gasteiger partial charge on any atom is 0.332 e. The molecule has 0 aliphatic carbocycles. The lowest BCUT2D eigenvalue weighted by atomic mass is 10.2. The van der Waals surface area contributed by atoms with Crippen LogP contribution in [0.2, 0.25) is 0 Å². The number of aromatic nitrogens is 2. The van der Waals surface area contributed by atoms with Crippen LogP contribution in [-0.4, -0.2) is 19.8 Å². The second-order valence-corrected chi connectivity index (χ2v) is 4.81. The minimum absolute atomic E-state index is 0.137. The van der Waals surface area contributed by atoms with E-state index in [1.54, 1.807) is 27.7 Å². The average molecular weight is 320 g/mol. The van der Waals surface area contributed by atoms with E-state index in [2.05, 4.69) is 9.97 Å². The smallest absolute Gasteiger partial charge is 0.332 e. The molecule has 0 aliphatic heterocycles. The van der Waals surface area contributed by atoms with Gasteiger partial charge in [-0.3, -0.25) is 30.0 Å². The predicted molar refractivity (Wildman–Crippen MR) is 83.6 cm³/mol. The number of aromatic amines is 1. The van der Waals surface area contributed by atoms with Crippen LogP contribution in [0.1, 0.15) is 22.5 Å². The summed E-state index contributed by atoms with van der Waals surface area (Å²) in [5.74, 6) is 0. The third-order valence-electron chi connectivity index (χ3n) is 3.38. The van der Waals surface area contributed by atoms with Gasteiger partial charge >= 0.3 is 5.69 Å². The first-order valence-electron chi connectivity index (χ1n) is 6.56. The Balaban J connectivity index is 0.000000231. The first kappa shape index (κ1) is 18.0. The van der Waals surface area contributed by atoms with Crippen molar-refractivity contribution in [3.8, 4) is 0 Å². The van der Waals surface area contributed by atoms with Crippen molar-refractivity contribution in [3.05, 3.63) is 71.4 Å². The number of hydrogen-bond donors (Lipinski definition) is 1. The molecular formula is C14H16N4O5. The minimum Gasteiger partial charge on any atom is -0.359 e. The van der Waals surface area contributed by atoms with Crippen LogP contribution in [0, 0.1) is 47.9 Å². The van der Waals surface area contributed by atoms with Gasteiger partial charge in [-0.25, -0.2) is 0 Å². The normalized spacial score (nSPS) is 9.74. The molecule has 0 spiro atoms. The molecule has 0 unspecified atom stereocenters. The van der Waals surface area contributed by atoms with Gasteiger partial charge in [0.1, 0.15) is 0 Å². The molecule has 0 saturated heterocycles. The van der Waals surface area contributed by atoms with Crippen molar-refractivity contribution in [2.45, 2.75) is 27.7 Å². The standard InChI is InChI=1S/C7H8N2O3.C7H8N2O2/c1-4-5(2)8-3-6(7(4)10)9(11)12;1-5-6(2)8-4-3-7(5)9(10)11/h3H,1-2H3,(H,8,10);3-4H,1-2H3. The van der Waals surface area contributed by atoms with Crippen LogP contribution in [0.5, 0.6) is 0 Å². The van der Waals surface area contributed by atoms with Crippen LogP contribution >= 0.6 is 0 Å². The Hall–Kier alpha value is -3.10. The molecule has 0 aromatic carbocycles. The number of nitrogens with one attached hydrogen (secondary N) is 1. The van der Waals surface area contributed by atoms with Crippen molar-refractivity contribution in [2.24, 2.45) is 0 Å². The molecule has 9 heteroatoms. The van der Waals surface area contributed by atoms with Gasteiger partial charge in [-0.2, -0.15) is 0 Å². The van der Waals surface area contributed by atoms with Crippen LogP contribution in [-0.2, 0) is 0 Å². The number of nitrogens with zero attached hydrogens (tertiary/aromatic N) is 3. The highest BCUT2D eigenvalue weighted by Crippen LogP contribution is 2.17. The van der Waals surface area contributed by atoms with E-state index in [9.17, 15) is 25.0 Å². The third-order valence-corrected chi connectivity index (χ3v) is 3.38. The van der Waals surface area contributed by atoms with Gasteiger partial charge in [-0.15, -0.1) is 0 Å². The topological polar surface area (TPSA) is 132 Å². The molecule has 0 radical (unpaired) electrons. The van der Waals surface area contributed by atoms with Crippen LogP contribution < -0.4 is 5.43 Å². The van der Waals surface area contributed by atoms with E-state index in [1.165, 1.54) is 12.3 Å². The number of nitro groups is 2. The van der Waals surface area contributed by atoms with Crippen molar-refractivity contribution in [1.82, 2.24) is 9.97 Å². The lowest BCUT2D eigenvalue weighted by Gasteiger charge is -1.97. The number of rotatable bonds is 2. The Kier molecular flexibility index (Phi) is 5.66. The summed E-state index contributed by atoms with van der Waals surface area (Å²) in [5, 5.41) is 20.6. The molecule has 0 fully saturated rings. The van der Waals surface area contributed by atoms with Crippen LogP contribution in [0.3, 0.4) is 0 Å². The highest BCUT2D eigenvalue weighted by atomic mass is 16.6. The van der Waals surface area contributed by atoms with Crippen LogP contribution in [0.4, 0.5) is 11.4 Å². The average Bonchev–Trinajstić information content (AvgIpc) is 2.47. The van der Waals surface area contributed by atoms with Gasteiger partial charge in [0, 0.05) is 34.8 Å². The van der Waals surface area contributed by atoms with Gasteiger partial charge in [0.05, 0.1) is 16.0 Å². The van der Waals surface area contributed by atoms with Gasteiger partial charge in [0.25, 0.3) is 11.1 Å². The van der Waals surface area contributed by atoms with Crippen LogP contribution in [0.15, 0.2) is 23.3 Å². The number of pyridine rings is 2. The maximum absolute atomic E-state index is 11.2. The van der Waals surface area contributed by atoms with Crippen molar-refractivity contribution in [3.63, 3.8) is 0 Å². The second-order valence-electron chi connectivity index (χ2n) is 4.81. The first-order valence-corrected chi connectivity index (χ1v) is 6.56. The molecule has 0 saturated carbocycles. The van der Waals surface area contributed by atoms with E-state index in [0.29, 0.717) is 22.5 Å². The highest BCUT2D eigenvalue weighted by molar-refractivity contribution is 5.39. The highest BCUT2D eigenvalue weighted by Gasteiger charge is 2.14. The first-order chi connectivity index (χ1) is 10.7. The zero-order valence-electron chi connectivity index (χ0n) is 13.1. The Morgan fingerprint density at radius 1 is 1.00 bits per heavy atom. The van der Waals surface area contributed by atoms with Gasteiger partial charge in [0.2, 0.25) is 0 Å². The molecule has 122 valence electrons. The molecule has 0 amide bonds. The molecule has 1 N–H and O–H groups in total. The molecular weight excluding hydrogens is 304 g/mol. The van der Waals surface area contributed by atoms with Crippen LogP contribution in [0.25, 0.3) is 0 Å². The summed E-state index contributed by atoms with van der Waals surface area (Å²) < 4.78 is 0. The quantitative estimate of drug-likeness (QED) is 0.667. The molecule has 9 nitrogen and oxygen atoms in total. The number of aryl methyl sites for hydroxylation is 2. The lowest BCUT2D eigenvalue weighted by molar-refractivity contribution is -0.386. The zero-order chi connectivity index (χ0) is 17.7. The van der Waals surface area contributed by atoms with Crippen molar-refractivity contribution < 1.29 is 9.85 Å². The predicted octanol–water partition coefficient (Wildman–Crippen LogP) is 2.51. The molecule has 2 aromatic heterocycles. The largest absolute Gasteiger partial charge is 0.359 e. The van der Waals surface area contributed by atoms with E-state index in [-0.39, 0.29) is 5.69 Å². The van der Waals surface area contributed by atoms with E-state index < -0.39 is 21.0 Å². The summed E-state index contributed by atoms with van der Waals surface area (Å²) in [4.78, 5) is 37.3. The molecule has 0 bridgehead atoms. The summed E-state index contributed by atoms with van der Waals surface area (Å²) in [7, 11) is 0. The maximum atomic E-state index is 11.2. The monoisotopic (exact) mass is 320 g/mol. The summed E-state index contributed by atoms with van der Waals surface area (Å²) >= 11 is 0. The van der Waals surface area contributed by atoms with Crippen molar-refractivity contribution in [2.75, 3.05) is 0 Å². The molecule has 0 atom stereocenters. The van der Waals surface area contributed by atoms with E-state index >= 15 is 0 Å². The third kappa shape index (κ3) is 4.19. The van der Waals surface area contributed by atoms with E-state index in [0.717, 1.165) is 6.20 Å². The molecule has 2 aromatic rings. The van der Waals surface area contributed by atoms with E-state index in [1.807, 2.05) is 0 Å². The SMILES string of the molecule is Cc1[nH]cc([N+](=O)[O-])c(=O)c1C.Cc1nccc([N+](=O)[O-])c1C. The summed E-state index contributed by atoms with van der Waals surface area (Å²) in [6.45, 7) is 6.70. The summed E-state index contributed by atoms with van der Waals surface area (Å²) in [5.41, 5.74) is 1.61. The van der Waals surface area contributed by atoms with Gasteiger partial charge in [-0.1, -0.05) is 0 Å². The number of H-pyrrole nitrogens is 1. The van der Waals surface area contributed by atoms with Gasteiger partial charge in [0.15, 0.2) is 0 Å². The molecule has 2 rings (SSSR count). The molecule has 2 heterocycles. The molecule has 0 aliphatic rings. The fraction of sp³-hybridized carbons (Fsp3) is 0.286. The fourth-order valence-electron chi connectivity index (χ4n) is 1.67. The van der Waals surface area contributed by atoms with Gasteiger partial charge in [-0.05, 0) is 27.7 Å². The minimum atomic E-state index is -0.689. The fourth-order valence-corrected chi connectivity index (χ4v) is 1.67. The van der Waals surface area contributed by atoms with E-state index in [4.69, 9.17) is 0 Å². The summed E-state index contributed by atoms with van der Waals surface area (Å²) in [6, 6.07) is 1.41. The molecule has 23 heavy (non-hydrogen) atoms. The van der Waals surface area contributed by atoms with Crippen molar-refractivity contribution >= 4 is 11.4 Å². The zero-order valence-corrected chi connectivity index (χ0v) is 13.1. The van der Waals surface area contributed by atoms with Crippen molar-refractivity contribution in [1.29, 1.82) is 0 Å². The Morgan fingerprint density at radius 3 is 2.04 bits per heavy atom. The Labute approximate surface area is 131 Å². The van der Waals surface area contributed by atoms with Gasteiger partial charge < -0.3 is 4.98 Å².